The van der Waals surface area contributed by atoms with E-state index in [-0.39, 0.29) is 6.03 Å². The van der Waals surface area contributed by atoms with Crippen molar-refractivity contribution in [2.75, 3.05) is 38.6 Å². The Morgan fingerprint density at radius 3 is 2.58 bits per heavy atom. The number of rotatable bonds is 4. The van der Waals surface area contributed by atoms with Gasteiger partial charge in [0, 0.05) is 45.1 Å². The summed E-state index contributed by atoms with van der Waals surface area (Å²) in [6.45, 7) is 3.68. The number of amides is 2. The molecule has 0 saturated carbocycles. The molecule has 2 aromatic rings. The molecule has 2 heterocycles. The van der Waals surface area contributed by atoms with Crippen LogP contribution in [0.15, 0.2) is 48.8 Å². The Morgan fingerprint density at radius 1 is 1.12 bits per heavy atom. The molecule has 0 aliphatic carbocycles. The first-order chi connectivity index (χ1) is 12.7. The minimum Gasteiger partial charge on any atom is -0.465 e. The van der Waals surface area contributed by atoms with E-state index in [2.05, 4.69) is 21.3 Å². The lowest BCUT2D eigenvalue weighted by molar-refractivity contribution is 0.0602. The number of para-hydroxylation sites is 1. The van der Waals surface area contributed by atoms with Crippen molar-refractivity contribution >= 4 is 17.7 Å². The molecule has 0 radical (unpaired) electrons. The van der Waals surface area contributed by atoms with Crippen LogP contribution in [0.1, 0.15) is 15.9 Å². The lowest BCUT2D eigenvalue weighted by atomic mass is 10.2. The van der Waals surface area contributed by atoms with E-state index in [1.54, 1.807) is 35.4 Å². The molecule has 1 N–H and O–H groups in total. The van der Waals surface area contributed by atoms with Gasteiger partial charge < -0.3 is 15.0 Å². The molecule has 1 aromatic carbocycles. The van der Waals surface area contributed by atoms with Gasteiger partial charge in [-0.05, 0) is 23.8 Å². The minimum absolute atomic E-state index is 0.206. The molecule has 1 fully saturated rings. The summed E-state index contributed by atoms with van der Waals surface area (Å²) < 4.78 is 4.76. The van der Waals surface area contributed by atoms with Crippen molar-refractivity contribution in [3.05, 3.63) is 59.9 Å². The summed E-state index contributed by atoms with van der Waals surface area (Å²) in [6, 6.07) is 10.6. The van der Waals surface area contributed by atoms with Gasteiger partial charge in [-0.1, -0.05) is 18.2 Å². The van der Waals surface area contributed by atoms with Gasteiger partial charge in [-0.2, -0.15) is 0 Å². The molecule has 7 nitrogen and oxygen atoms in total. The lowest BCUT2D eigenvalue weighted by Gasteiger charge is -2.34. The number of piperazine rings is 1. The van der Waals surface area contributed by atoms with Crippen molar-refractivity contribution in [1.82, 2.24) is 14.8 Å². The Balaban J connectivity index is 1.55. The number of esters is 1. The molecule has 0 spiro atoms. The first-order valence-corrected chi connectivity index (χ1v) is 8.52. The third-order valence-electron chi connectivity index (χ3n) is 4.36. The first-order valence-electron chi connectivity index (χ1n) is 8.52. The van der Waals surface area contributed by atoms with Crippen LogP contribution >= 0.6 is 0 Å². The van der Waals surface area contributed by atoms with Crippen LogP contribution in [-0.2, 0) is 11.3 Å². The summed E-state index contributed by atoms with van der Waals surface area (Å²) in [5, 5.41) is 2.82. The highest BCUT2D eigenvalue weighted by atomic mass is 16.5. The molecule has 1 aromatic heterocycles. The fourth-order valence-corrected chi connectivity index (χ4v) is 2.93. The third-order valence-corrected chi connectivity index (χ3v) is 4.36. The highest BCUT2D eigenvalue weighted by molar-refractivity contribution is 6.00. The molecule has 3 rings (SSSR count). The van der Waals surface area contributed by atoms with Crippen molar-refractivity contribution in [1.29, 1.82) is 0 Å². The van der Waals surface area contributed by atoms with Crippen LogP contribution in [0.25, 0.3) is 0 Å². The summed E-state index contributed by atoms with van der Waals surface area (Å²) in [4.78, 5) is 32.5. The largest absolute Gasteiger partial charge is 0.465 e. The number of nitrogens with zero attached hydrogens (tertiary/aromatic N) is 3. The Morgan fingerprint density at radius 2 is 1.88 bits per heavy atom. The maximum atomic E-state index is 12.5. The van der Waals surface area contributed by atoms with Crippen LogP contribution in [0.2, 0.25) is 0 Å². The zero-order valence-electron chi connectivity index (χ0n) is 14.7. The number of hydrogen-bond donors (Lipinski definition) is 1. The van der Waals surface area contributed by atoms with E-state index >= 15 is 0 Å². The maximum absolute atomic E-state index is 12.5. The predicted molar refractivity (Wildman–Crippen MR) is 97.9 cm³/mol. The number of anilines is 1. The smallest absolute Gasteiger partial charge is 0.339 e. The van der Waals surface area contributed by atoms with Crippen molar-refractivity contribution in [2.45, 2.75) is 6.54 Å². The average molecular weight is 354 g/mol. The fraction of sp³-hybridized carbons (Fsp3) is 0.316. The molecule has 0 atom stereocenters. The number of ether oxygens (including phenoxy) is 1. The van der Waals surface area contributed by atoms with Gasteiger partial charge in [0.2, 0.25) is 0 Å². The van der Waals surface area contributed by atoms with E-state index in [4.69, 9.17) is 4.74 Å². The van der Waals surface area contributed by atoms with Crippen LogP contribution in [-0.4, -0.2) is 60.1 Å². The SMILES string of the molecule is COC(=O)c1ccccc1NC(=O)N1CCN(Cc2cccnc2)CC1. The summed E-state index contributed by atoms with van der Waals surface area (Å²) in [7, 11) is 1.32. The van der Waals surface area contributed by atoms with Crippen molar-refractivity contribution < 1.29 is 14.3 Å². The van der Waals surface area contributed by atoms with E-state index in [9.17, 15) is 9.59 Å². The Labute approximate surface area is 152 Å². The monoisotopic (exact) mass is 354 g/mol. The highest BCUT2D eigenvalue weighted by Crippen LogP contribution is 2.17. The molecule has 2 amide bonds. The number of carbonyl (C=O) groups excluding carboxylic acids is 2. The van der Waals surface area contributed by atoms with Crippen molar-refractivity contribution in [2.24, 2.45) is 0 Å². The number of urea groups is 1. The maximum Gasteiger partial charge on any atom is 0.339 e. The Bertz CT molecular complexity index is 758. The van der Waals surface area contributed by atoms with E-state index in [1.807, 2.05) is 12.3 Å². The van der Waals surface area contributed by atoms with Crippen LogP contribution < -0.4 is 5.32 Å². The molecule has 0 unspecified atom stereocenters. The van der Waals surface area contributed by atoms with Crippen molar-refractivity contribution in [3.8, 4) is 0 Å². The Hall–Kier alpha value is -2.93. The van der Waals surface area contributed by atoms with Gasteiger partial charge >= 0.3 is 12.0 Å². The number of pyridine rings is 1. The number of aromatic nitrogens is 1. The van der Waals surface area contributed by atoms with Crippen LogP contribution in [0.4, 0.5) is 10.5 Å². The molecule has 136 valence electrons. The molecule has 1 saturated heterocycles. The zero-order valence-corrected chi connectivity index (χ0v) is 14.7. The second-order valence-corrected chi connectivity index (χ2v) is 6.09. The number of nitrogens with one attached hydrogen (secondary N) is 1. The number of methoxy groups -OCH3 is 1. The number of carbonyl (C=O) groups is 2. The average Bonchev–Trinajstić information content (AvgIpc) is 2.69. The van der Waals surface area contributed by atoms with Crippen LogP contribution in [0, 0.1) is 0 Å². The molecule has 0 bridgehead atoms. The van der Waals surface area contributed by atoms with Crippen LogP contribution in [0.3, 0.4) is 0 Å². The van der Waals surface area contributed by atoms with E-state index < -0.39 is 5.97 Å². The molecule has 1 aliphatic rings. The van der Waals surface area contributed by atoms with E-state index in [1.165, 1.54) is 7.11 Å². The topological polar surface area (TPSA) is 74.8 Å². The quantitative estimate of drug-likeness (QED) is 0.852. The second kappa shape index (κ2) is 8.44. The summed E-state index contributed by atoms with van der Waals surface area (Å²) in [5.74, 6) is -0.470. The Kier molecular flexibility index (Phi) is 5.80. The zero-order chi connectivity index (χ0) is 18.4. The molecule has 7 heteroatoms. The molecular formula is C19H22N4O3. The first kappa shape index (κ1) is 17.9. The van der Waals surface area contributed by atoms with E-state index in [0.29, 0.717) is 24.3 Å². The van der Waals surface area contributed by atoms with Gasteiger partial charge in [0.25, 0.3) is 0 Å². The highest BCUT2D eigenvalue weighted by Gasteiger charge is 2.22. The van der Waals surface area contributed by atoms with Gasteiger partial charge in [0.05, 0.1) is 18.4 Å². The van der Waals surface area contributed by atoms with Gasteiger partial charge in [0.15, 0.2) is 0 Å². The van der Waals surface area contributed by atoms with Gasteiger partial charge in [0.1, 0.15) is 0 Å². The predicted octanol–water partition coefficient (Wildman–Crippen LogP) is 2.22. The summed E-state index contributed by atoms with van der Waals surface area (Å²) >= 11 is 0. The van der Waals surface area contributed by atoms with Crippen molar-refractivity contribution in [3.63, 3.8) is 0 Å². The van der Waals surface area contributed by atoms with E-state index in [0.717, 1.165) is 25.2 Å². The number of benzene rings is 1. The summed E-state index contributed by atoms with van der Waals surface area (Å²) in [6.07, 6.45) is 3.63. The van der Waals surface area contributed by atoms with Gasteiger partial charge in [-0.25, -0.2) is 9.59 Å². The number of hydrogen-bond acceptors (Lipinski definition) is 5. The van der Waals surface area contributed by atoms with Gasteiger partial charge in [-0.15, -0.1) is 0 Å². The minimum atomic E-state index is -0.470. The van der Waals surface area contributed by atoms with Crippen LogP contribution in [0.5, 0.6) is 0 Å². The molecular weight excluding hydrogens is 332 g/mol. The molecule has 1 aliphatic heterocycles. The summed E-state index contributed by atoms with van der Waals surface area (Å²) in [5.41, 5.74) is 1.97. The fourth-order valence-electron chi connectivity index (χ4n) is 2.93. The lowest BCUT2D eigenvalue weighted by Crippen LogP contribution is -2.49. The molecule has 26 heavy (non-hydrogen) atoms. The normalized spacial score (nSPS) is 14.7. The standard InChI is InChI=1S/C19H22N4O3/c1-26-18(24)16-6-2-3-7-17(16)21-19(25)23-11-9-22(10-12-23)14-15-5-4-8-20-13-15/h2-8,13H,9-12,14H2,1H3,(H,21,25). The second-order valence-electron chi connectivity index (χ2n) is 6.09. The van der Waals surface area contributed by atoms with Gasteiger partial charge in [-0.3, -0.25) is 9.88 Å². The third kappa shape index (κ3) is 4.37.